The summed E-state index contributed by atoms with van der Waals surface area (Å²) in [5, 5.41) is 8.12. The quantitative estimate of drug-likeness (QED) is 0.855. The second-order valence-electron chi connectivity index (χ2n) is 6.01. The molecule has 0 radical (unpaired) electrons. The van der Waals surface area contributed by atoms with E-state index >= 15 is 0 Å². The van der Waals surface area contributed by atoms with Gasteiger partial charge in [-0.1, -0.05) is 0 Å². The van der Waals surface area contributed by atoms with Crippen molar-refractivity contribution in [3.05, 3.63) is 34.2 Å². The Morgan fingerprint density at radius 1 is 1.19 bits per heavy atom. The first-order chi connectivity index (χ1) is 12.7. The van der Waals surface area contributed by atoms with Crippen LogP contribution in [0.2, 0.25) is 0 Å². The van der Waals surface area contributed by atoms with Crippen LogP contribution in [0.1, 0.15) is 12.1 Å². The first-order valence-corrected chi connectivity index (χ1v) is 9.57. The monoisotopic (exact) mass is 374 g/mol. The number of carbonyl (C=O) groups is 1. The highest BCUT2D eigenvalue weighted by atomic mass is 32.2. The number of carbonyl (C=O) groups excluding carboxylic acids is 1. The molecule has 2 aliphatic rings. The number of thioether (sulfide) groups is 1. The number of hydrogen-bond acceptors (Lipinski definition) is 7. The average molecular weight is 374 g/mol. The fourth-order valence-corrected chi connectivity index (χ4v) is 3.80. The van der Waals surface area contributed by atoms with Crippen LogP contribution in [0.15, 0.2) is 23.0 Å². The van der Waals surface area contributed by atoms with Crippen molar-refractivity contribution in [2.45, 2.75) is 12.8 Å². The van der Waals surface area contributed by atoms with E-state index in [2.05, 4.69) is 15.2 Å². The lowest BCUT2D eigenvalue weighted by molar-refractivity contribution is -0.130. The van der Waals surface area contributed by atoms with Gasteiger partial charge in [0.25, 0.3) is 5.56 Å². The Bertz CT molecular complexity index is 879. The molecule has 0 unspecified atom stereocenters. The van der Waals surface area contributed by atoms with Gasteiger partial charge in [-0.25, -0.2) is 0 Å². The third kappa shape index (κ3) is 3.52. The lowest BCUT2D eigenvalue weighted by Crippen LogP contribution is -2.38. The third-order valence-electron chi connectivity index (χ3n) is 4.35. The second kappa shape index (κ2) is 7.36. The molecule has 3 heterocycles. The van der Waals surface area contributed by atoms with E-state index in [1.165, 1.54) is 0 Å². The number of rotatable bonds is 4. The Labute approximate surface area is 153 Å². The Kier molecular flexibility index (Phi) is 4.79. The van der Waals surface area contributed by atoms with Crippen molar-refractivity contribution in [3.8, 4) is 22.9 Å². The van der Waals surface area contributed by atoms with E-state index in [1.807, 2.05) is 16.7 Å². The number of aromatic nitrogens is 3. The molecule has 8 nitrogen and oxygen atoms in total. The molecule has 2 aliphatic heterocycles. The zero-order valence-corrected chi connectivity index (χ0v) is 14.9. The number of amides is 1. The zero-order chi connectivity index (χ0) is 17.9. The van der Waals surface area contributed by atoms with Crippen molar-refractivity contribution in [2.75, 3.05) is 31.4 Å². The Balaban J connectivity index is 1.44. The lowest BCUT2D eigenvalue weighted by atomic mass is 10.2. The number of fused-ring (bicyclic) bond motifs is 1. The maximum Gasteiger partial charge on any atom is 0.273 e. The molecule has 0 atom stereocenters. The lowest BCUT2D eigenvalue weighted by Gasteiger charge is -2.26. The summed E-state index contributed by atoms with van der Waals surface area (Å²) in [6.45, 7) is 1.73. The van der Waals surface area contributed by atoms with E-state index < -0.39 is 0 Å². The van der Waals surface area contributed by atoms with Crippen LogP contribution < -0.4 is 15.0 Å². The normalized spacial score (nSPS) is 15.9. The van der Waals surface area contributed by atoms with Gasteiger partial charge in [0.05, 0.1) is 0 Å². The highest BCUT2D eigenvalue weighted by Gasteiger charge is 2.18. The molecule has 0 saturated carbocycles. The van der Waals surface area contributed by atoms with Gasteiger partial charge in [0.15, 0.2) is 17.3 Å². The Morgan fingerprint density at radius 2 is 2.00 bits per heavy atom. The van der Waals surface area contributed by atoms with Crippen LogP contribution in [0.5, 0.6) is 11.5 Å². The minimum Gasteiger partial charge on any atom is -0.454 e. The van der Waals surface area contributed by atoms with Crippen LogP contribution in [0, 0.1) is 0 Å². The number of aryl methyl sites for hydroxylation is 1. The Morgan fingerprint density at radius 3 is 2.81 bits per heavy atom. The molecular weight excluding hydrogens is 356 g/mol. The van der Waals surface area contributed by atoms with Gasteiger partial charge >= 0.3 is 0 Å². The molecule has 0 aliphatic carbocycles. The molecule has 1 amide bonds. The van der Waals surface area contributed by atoms with E-state index in [-0.39, 0.29) is 36.8 Å². The van der Waals surface area contributed by atoms with Crippen molar-refractivity contribution in [1.29, 1.82) is 0 Å². The second-order valence-corrected chi connectivity index (χ2v) is 7.24. The van der Waals surface area contributed by atoms with Gasteiger partial charge < -0.3 is 19.4 Å². The predicted octanol–water partition coefficient (Wildman–Crippen LogP) is 1.07. The van der Waals surface area contributed by atoms with Gasteiger partial charge in [-0.2, -0.15) is 11.8 Å². The zero-order valence-electron chi connectivity index (χ0n) is 14.1. The molecule has 2 aromatic rings. The molecule has 1 aromatic heterocycles. The van der Waals surface area contributed by atoms with Crippen molar-refractivity contribution in [2.24, 2.45) is 0 Å². The van der Waals surface area contributed by atoms with Crippen molar-refractivity contribution in [1.82, 2.24) is 20.1 Å². The number of ether oxygens (including phenoxy) is 2. The van der Waals surface area contributed by atoms with Crippen molar-refractivity contribution >= 4 is 17.7 Å². The van der Waals surface area contributed by atoms with E-state index in [0.29, 0.717) is 22.9 Å². The predicted molar refractivity (Wildman–Crippen MR) is 96.4 cm³/mol. The maximum absolute atomic E-state index is 12.3. The van der Waals surface area contributed by atoms with Crippen molar-refractivity contribution in [3.63, 3.8) is 0 Å². The smallest absolute Gasteiger partial charge is 0.273 e. The van der Waals surface area contributed by atoms with Gasteiger partial charge in [0, 0.05) is 43.0 Å². The van der Waals surface area contributed by atoms with Gasteiger partial charge in [-0.3, -0.25) is 9.59 Å². The fourth-order valence-electron chi connectivity index (χ4n) is 2.89. The topological polar surface area (TPSA) is 97.4 Å². The van der Waals surface area contributed by atoms with Crippen LogP contribution >= 0.6 is 11.8 Å². The summed E-state index contributed by atoms with van der Waals surface area (Å²) >= 11 is 1.85. The standard InChI is InChI=1S/C17H18N4O4S/c22-15(21-5-7-26-8-6-21)4-2-12-17(23)18-16(20-19-12)11-1-3-13-14(9-11)25-10-24-13/h1,3,9H,2,4-8,10H2,(H,18,20,23). The number of hydrogen-bond donors (Lipinski definition) is 1. The summed E-state index contributed by atoms with van der Waals surface area (Å²) in [4.78, 5) is 29.1. The average Bonchev–Trinajstić information content (AvgIpc) is 3.15. The molecule has 1 fully saturated rings. The number of aromatic amines is 1. The summed E-state index contributed by atoms with van der Waals surface area (Å²) in [5.41, 5.74) is 0.635. The number of nitrogens with zero attached hydrogens (tertiary/aromatic N) is 3. The van der Waals surface area contributed by atoms with E-state index in [9.17, 15) is 9.59 Å². The fraction of sp³-hybridized carbons (Fsp3) is 0.412. The Hall–Kier alpha value is -2.55. The number of nitrogens with one attached hydrogen (secondary N) is 1. The maximum atomic E-state index is 12.3. The van der Waals surface area contributed by atoms with E-state index in [1.54, 1.807) is 18.2 Å². The van der Waals surface area contributed by atoms with E-state index in [0.717, 1.165) is 24.6 Å². The largest absolute Gasteiger partial charge is 0.454 e. The molecular formula is C17H18N4O4S. The van der Waals surface area contributed by atoms with E-state index in [4.69, 9.17) is 9.47 Å². The molecule has 0 bridgehead atoms. The number of benzene rings is 1. The minimum absolute atomic E-state index is 0.0614. The molecule has 26 heavy (non-hydrogen) atoms. The molecule has 1 N–H and O–H groups in total. The summed E-state index contributed by atoms with van der Waals surface area (Å²) in [5.74, 6) is 3.63. The molecule has 1 aromatic carbocycles. The van der Waals surface area contributed by atoms with Gasteiger partial charge in [-0.15, -0.1) is 10.2 Å². The number of H-pyrrole nitrogens is 1. The molecule has 0 spiro atoms. The summed E-state index contributed by atoms with van der Waals surface area (Å²) in [6.07, 6.45) is 0.554. The molecule has 9 heteroatoms. The third-order valence-corrected chi connectivity index (χ3v) is 5.29. The van der Waals surface area contributed by atoms with Crippen LogP contribution in [-0.2, 0) is 11.2 Å². The first kappa shape index (κ1) is 16.9. The summed E-state index contributed by atoms with van der Waals surface area (Å²) in [6, 6.07) is 5.30. The minimum atomic E-state index is -0.324. The van der Waals surface area contributed by atoms with Crippen LogP contribution in [0.25, 0.3) is 11.4 Å². The van der Waals surface area contributed by atoms with Crippen LogP contribution in [0.4, 0.5) is 0 Å². The molecule has 1 saturated heterocycles. The molecule has 136 valence electrons. The highest BCUT2D eigenvalue weighted by Crippen LogP contribution is 2.34. The van der Waals surface area contributed by atoms with Crippen LogP contribution in [-0.4, -0.2) is 57.4 Å². The van der Waals surface area contributed by atoms with Crippen molar-refractivity contribution < 1.29 is 14.3 Å². The first-order valence-electron chi connectivity index (χ1n) is 8.42. The van der Waals surface area contributed by atoms with Crippen LogP contribution in [0.3, 0.4) is 0 Å². The summed E-state index contributed by atoms with van der Waals surface area (Å²) < 4.78 is 10.6. The van der Waals surface area contributed by atoms with Gasteiger partial charge in [0.2, 0.25) is 12.7 Å². The van der Waals surface area contributed by atoms with Gasteiger partial charge in [0.1, 0.15) is 5.69 Å². The highest BCUT2D eigenvalue weighted by molar-refractivity contribution is 7.99. The van der Waals surface area contributed by atoms with Gasteiger partial charge in [-0.05, 0) is 18.2 Å². The molecule has 4 rings (SSSR count). The SMILES string of the molecule is O=C(CCc1nnc(-c2ccc3c(c2)OCO3)[nH]c1=O)N1CCSCC1. The summed E-state index contributed by atoms with van der Waals surface area (Å²) in [7, 11) is 0.